The fourth-order valence-electron chi connectivity index (χ4n) is 3.47. The first-order valence-corrected chi connectivity index (χ1v) is 9.17. The highest BCUT2D eigenvalue weighted by Crippen LogP contribution is 2.23. The number of amides is 1. The number of nitrogens with zero attached hydrogens (tertiary/aromatic N) is 1. The van der Waals surface area contributed by atoms with Gasteiger partial charge in [-0.1, -0.05) is 6.92 Å². The van der Waals surface area contributed by atoms with Gasteiger partial charge in [-0.15, -0.1) is 0 Å². The highest BCUT2D eigenvalue weighted by Gasteiger charge is 2.30. The van der Waals surface area contributed by atoms with E-state index >= 15 is 0 Å². The Morgan fingerprint density at radius 2 is 2.19 bits per heavy atom. The molecule has 1 saturated heterocycles. The molecule has 1 aliphatic heterocycles. The Balaban J connectivity index is 1.65. The quantitative estimate of drug-likeness (QED) is 0.862. The first-order chi connectivity index (χ1) is 12.4. The van der Waals surface area contributed by atoms with Crippen LogP contribution in [0.4, 0.5) is 0 Å². The third-order valence-electron chi connectivity index (χ3n) is 5.14. The molecule has 2 N–H and O–H groups in total. The first kappa shape index (κ1) is 18.5. The van der Waals surface area contributed by atoms with Crippen molar-refractivity contribution in [3.05, 3.63) is 46.4 Å². The topological polar surface area (TPSA) is 78.3 Å². The van der Waals surface area contributed by atoms with Crippen LogP contribution in [0.3, 0.4) is 0 Å². The Hall–Kier alpha value is -2.34. The maximum atomic E-state index is 12.5. The van der Waals surface area contributed by atoms with Crippen molar-refractivity contribution in [3.63, 3.8) is 0 Å². The van der Waals surface area contributed by atoms with E-state index in [9.17, 15) is 9.59 Å². The van der Waals surface area contributed by atoms with Gasteiger partial charge in [0.1, 0.15) is 11.3 Å². The van der Waals surface area contributed by atoms with E-state index in [1.165, 1.54) is 19.1 Å². The van der Waals surface area contributed by atoms with E-state index in [1.54, 1.807) is 24.3 Å². The molecule has 0 spiro atoms. The van der Waals surface area contributed by atoms with Crippen LogP contribution in [0.2, 0.25) is 0 Å². The standard InChI is InChI=1S/C20H27N3O3/c1-14-6-4-10-23(12-14)20(2,3)13-21-18(24)15-8-9-16(22-19(15)25)17-7-5-11-26-17/h5,7-9,11,14H,4,6,10,12-13H2,1-3H3,(H,21,24)(H,22,25). The van der Waals surface area contributed by atoms with Crippen LogP contribution in [0.1, 0.15) is 44.0 Å². The molecule has 26 heavy (non-hydrogen) atoms. The number of hydrogen-bond acceptors (Lipinski definition) is 4. The zero-order chi connectivity index (χ0) is 18.7. The average Bonchev–Trinajstić information content (AvgIpc) is 3.14. The molecule has 0 bridgehead atoms. The fraction of sp³-hybridized carbons (Fsp3) is 0.500. The molecule has 1 unspecified atom stereocenters. The maximum Gasteiger partial charge on any atom is 0.261 e. The van der Waals surface area contributed by atoms with Crippen LogP contribution in [-0.4, -0.2) is 41.0 Å². The van der Waals surface area contributed by atoms with E-state index in [0.29, 0.717) is 23.9 Å². The molecule has 3 heterocycles. The lowest BCUT2D eigenvalue weighted by Crippen LogP contribution is -2.54. The van der Waals surface area contributed by atoms with Crippen LogP contribution in [0, 0.1) is 5.92 Å². The van der Waals surface area contributed by atoms with Gasteiger partial charge in [0.05, 0.1) is 12.0 Å². The third kappa shape index (κ3) is 4.07. The monoisotopic (exact) mass is 357 g/mol. The number of likely N-dealkylation sites (tertiary alicyclic amines) is 1. The second-order valence-electron chi connectivity index (χ2n) is 7.78. The molecule has 2 aromatic heterocycles. The Morgan fingerprint density at radius 1 is 1.38 bits per heavy atom. The summed E-state index contributed by atoms with van der Waals surface area (Å²) >= 11 is 0. The number of aromatic nitrogens is 1. The van der Waals surface area contributed by atoms with Gasteiger partial charge < -0.3 is 14.7 Å². The molecule has 0 aromatic carbocycles. The number of hydrogen-bond donors (Lipinski definition) is 2. The lowest BCUT2D eigenvalue weighted by molar-refractivity contribution is 0.0657. The second kappa shape index (κ2) is 7.50. The fourth-order valence-corrected chi connectivity index (χ4v) is 3.47. The predicted molar refractivity (Wildman–Crippen MR) is 101 cm³/mol. The number of aromatic amines is 1. The van der Waals surface area contributed by atoms with Crippen molar-refractivity contribution >= 4 is 5.91 Å². The summed E-state index contributed by atoms with van der Waals surface area (Å²) in [7, 11) is 0. The molecule has 1 aliphatic rings. The second-order valence-corrected chi connectivity index (χ2v) is 7.78. The van der Waals surface area contributed by atoms with Gasteiger partial charge in [-0.25, -0.2) is 0 Å². The highest BCUT2D eigenvalue weighted by atomic mass is 16.3. The number of furan rings is 1. The van der Waals surface area contributed by atoms with Gasteiger partial charge in [-0.3, -0.25) is 14.5 Å². The van der Waals surface area contributed by atoms with Crippen molar-refractivity contribution in [1.29, 1.82) is 0 Å². The van der Waals surface area contributed by atoms with Crippen LogP contribution in [0.25, 0.3) is 11.5 Å². The Bertz CT molecular complexity index is 808. The molecular weight excluding hydrogens is 330 g/mol. The van der Waals surface area contributed by atoms with Crippen LogP contribution < -0.4 is 10.9 Å². The molecule has 2 aromatic rings. The summed E-state index contributed by atoms with van der Waals surface area (Å²) in [6.07, 6.45) is 3.99. The van der Waals surface area contributed by atoms with E-state index in [-0.39, 0.29) is 17.0 Å². The Labute approximate surface area is 153 Å². The van der Waals surface area contributed by atoms with Crippen LogP contribution >= 0.6 is 0 Å². The highest BCUT2D eigenvalue weighted by molar-refractivity contribution is 5.94. The number of nitrogens with one attached hydrogen (secondary N) is 2. The van der Waals surface area contributed by atoms with E-state index in [2.05, 4.69) is 36.0 Å². The third-order valence-corrected chi connectivity index (χ3v) is 5.14. The smallest absolute Gasteiger partial charge is 0.261 e. The molecule has 1 fully saturated rings. The predicted octanol–water partition coefficient (Wildman–Crippen LogP) is 2.88. The van der Waals surface area contributed by atoms with Crippen LogP contribution in [0.15, 0.2) is 39.7 Å². The molecule has 1 amide bonds. The summed E-state index contributed by atoms with van der Waals surface area (Å²) in [6.45, 7) is 9.12. The van der Waals surface area contributed by atoms with Crippen molar-refractivity contribution in [3.8, 4) is 11.5 Å². The van der Waals surface area contributed by atoms with Gasteiger partial charge in [0.2, 0.25) is 0 Å². The molecule has 0 aliphatic carbocycles. The normalized spacial score (nSPS) is 18.7. The summed E-state index contributed by atoms with van der Waals surface area (Å²) in [5, 5.41) is 2.92. The molecule has 3 rings (SSSR count). The summed E-state index contributed by atoms with van der Waals surface area (Å²) in [5.74, 6) is 0.889. The van der Waals surface area contributed by atoms with Crippen molar-refractivity contribution in [2.24, 2.45) is 5.92 Å². The van der Waals surface area contributed by atoms with E-state index in [0.717, 1.165) is 13.1 Å². The average molecular weight is 357 g/mol. The number of carbonyl (C=O) groups is 1. The molecule has 0 saturated carbocycles. The number of piperidine rings is 1. The van der Waals surface area contributed by atoms with Gasteiger partial charge in [0.25, 0.3) is 11.5 Å². The van der Waals surface area contributed by atoms with Crippen molar-refractivity contribution in [2.75, 3.05) is 19.6 Å². The van der Waals surface area contributed by atoms with Gasteiger partial charge in [0.15, 0.2) is 0 Å². The zero-order valence-electron chi connectivity index (χ0n) is 15.7. The van der Waals surface area contributed by atoms with Crippen molar-refractivity contribution in [1.82, 2.24) is 15.2 Å². The molecular formula is C20H27N3O3. The summed E-state index contributed by atoms with van der Waals surface area (Å²) < 4.78 is 5.27. The van der Waals surface area contributed by atoms with E-state index in [4.69, 9.17) is 4.42 Å². The van der Waals surface area contributed by atoms with Gasteiger partial charge in [-0.05, 0) is 63.4 Å². The molecule has 0 radical (unpaired) electrons. The number of pyridine rings is 1. The molecule has 140 valence electrons. The van der Waals surface area contributed by atoms with Crippen molar-refractivity contribution < 1.29 is 9.21 Å². The lowest BCUT2D eigenvalue weighted by atomic mass is 9.93. The minimum atomic E-state index is -0.416. The zero-order valence-corrected chi connectivity index (χ0v) is 15.7. The Kier molecular flexibility index (Phi) is 5.32. The largest absolute Gasteiger partial charge is 0.463 e. The van der Waals surface area contributed by atoms with Gasteiger partial charge >= 0.3 is 0 Å². The molecule has 6 nitrogen and oxygen atoms in total. The SMILES string of the molecule is CC1CCCN(C(C)(C)CNC(=O)c2ccc(-c3ccco3)[nH]c2=O)C1. The van der Waals surface area contributed by atoms with Gasteiger partial charge in [-0.2, -0.15) is 0 Å². The van der Waals surface area contributed by atoms with E-state index < -0.39 is 5.56 Å². The Morgan fingerprint density at radius 3 is 2.85 bits per heavy atom. The summed E-state index contributed by atoms with van der Waals surface area (Å²) in [6, 6.07) is 6.74. The lowest BCUT2D eigenvalue weighted by Gasteiger charge is -2.43. The number of H-pyrrole nitrogens is 1. The van der Waals surface area contributed by atoms with Gasteiger partial charge in [0, 0.05) is 18.6 Å². The number of carbonyl (C=O) groups excluding carboxylic acids is 1. The summed E-state index contributed by atoms with van der Waals surface area (Å²) in [5.41, 5.74) is 0.105. The summed E-state index contributed by atoms with van der Waals surface area (Å²) in [4.78, 5) is 29.9. The maximum absolute atomic E-state index is 12.5. The van der Waals surface area contributed by atoms with Crippen molar-refractivity contribution in [2.45, 2.75) is 39.2 Å². The van der Waals surface area contributed by atoms with E-state index in [1.807, 2.05) is 0 Å². The molecule has 1 atom stereocenters. The minimum Gasteiger partial charge on any atom is -0.463 e. The number of rotatable bonds is 5. The first-order valence-electron chi connectivity index (χ1n) is 9.17. The van der Waals surface area contributed by atoms with Crippen LogP contribution in [-0.2, 0) is 0 Å². The molecule has 6 heteroatoms. The minimum absolute atomic E-state index is 0.114. The van der Waals surface area contributed by atoms with Crippen LogP contribution in [0.5, 0.6) is 0 Å².